The number of halogens is 1. The fourth-order valence-corrected chi connectivity index (χ4v) is 4.32. The summed E-state index contributed by atoms with van der Waals surface area (Å²) in [6.45, 7) is 4.46. The SMILES string of the molecule is CC(C)(O)COc1cccc(Cl)c1CC1CCN(C2CCCCC2)C1=O. The zero-order chi connectivity index (χ0) is 18.7. The number of carbonyl (C=O) groups is 1. The minimum atomic E-state index is -0.916. The predicted molar refractivity (Wildman–Crippen MR) is 104 cm³/mol. The van der Waals surface area contributed by atoms with Crippen LogP contribution in [-0.2, 0) is 11.2 Å². The highest BCUT2D eigenvalue weighted by molar-refractivity contribution is 6.31. The van der Waals surface area contributed by atoms with Gasteiger partial charge in [-0.25, -0.2) is 0 Å². The first-order valence-electron chi connectivity index (χ1n) is 9.78. The van der Waals surface area contributed by atoms with E-state index in [0.29, 0.717) is 23.2 Å². The molecule has 2 aliphatic rings. The van der Waals surface area contributed by atoms with E-state index in [1.807, 2.05) is 18.2 Å². The highest BCUT2D eigenvalue weighted by atomic mass is 35.5. The minimum absolute atomic E-state index is 0.0266. The number of likely N-dealkylation sites (tertiary alicyclic amines) is 1. The molecule has 3 rings (SSSR count). The maximum absolute atomic E-state index is 13.0. The fourth-order valence-electron chi connectivity index (χ4n) is 4.08. The monoisotopic (exact) mass is 379 g/mol. The first-order chi connectivity index (χ1) is 12.3. The second kappa shape index (κ2) is 8.18. The summed E-state index contributed by atoms with van der Waals surface area (Å²) in [5.41, 5.74) is -0.0390. The molecule has 0 spiro atoms. The molecular formula is C21H30ClNO3. The van der Waals surface area contributed by atoms with E-state index in [-0.39, 0.29) is 18.4 Å². The number of rotatable bonds is 6. The Kier molecular flexibility index (Phi) is 6.13. The van der Waals surface area contributed by atoms with Crippen molar-refractivity contribution in [2.45, 2.75) is 70.4 Å². The molecule has 1 aromatic carbocycles. The van der Waals surface area contributed by atoms with Gasteiger partial charge in [0.2, 0.25) is 5.91 Å². The first-order valence-corrected chi connectivity index (χ1v) is 10.2. The minimum Gasteiger partial charge on any atom is -0.490 e. The Morgan fingerprint density at radius 3 is 2.65 bits per heavy atom. The van der Waals surface area contributed by atoms with Gasteiger partial charge in [0.05, 0.1) is 5.60 Å². The van der Waals surface area contributed by atoms with Crippen molar-refractivity contribution in [3.05, 3.63) is 28.8 Å². The Labute approximate surface area is 161 Å². The molecule has 1 heterocycles. The number of ether oxygens (including phenoxy) is 1. The van der Waals surface area contributed by atoms with E-state index in [1.54, 1.807) is 13.8 Å². The molecule has 26 heavy (non-hydrogen) atoms. The molecule has 1 saturated carbocycles. The summed E-state index contributed by atoms with van der Waals surface area (Å²) in [5, 5.41) is 10.6. The lowest BCUT2D eigenvalue weighted by molar-refractivity contribution is -0.133. The predicted octanol–water partition coefficient (Wildman–Crippen LogP) is 4.21. The van der Waals surface area contributed by atoms with Crippen LogP contribution in [0, 0.1) is 5.92 Å². The Hall–Kier alpha value is -1.26. The fraction of sp³-hybridized carbons (Fsp3) is 0.667. The molecule has 1 aromatic rings. The quantitative estimate of drug-likeness (QED) is 0.805. The second-order valence-corrected chi connectivity index (χ2v) is 8.74. The molecule has 1 aliphatic heterocycles. The smallest absolute Gasteiger partial charge is 0.226 e. The van der Waals surface area contributed by atoms with E-state index in [1.165, 1.54) is 19.3 Å². The number of hydrogen-bond acceptors (Lipinski definition) is 3. The molecule has 1 aliphatic carbocycles. The Balaban J connectivity index is 1.69. The largest absolute Gasteiger partial charge is 0.490 e. The van der Waals surface area contributed by atoms with Gasteiger partial charge in [-0.1, -0.05) is 36.9 Å². The highest BCUT2D eigenvalue weighted by Crippen LogP contribution is 2.35. The Bertz CT molecular complexity index is 635. The van der Waals surface area contributed by atoms with Gasteiger partial charge in [0.1, 0.15) is 12.4 Å². The van der Waals surface area contributed by atoms with Gasteiger partial charge in [0, 0.05) is 29.1 Å². The van der Waals surface area contributed by atoms with E-state index in [0.717, 1.165) is 31.4 Å². The third-order valence-corrected chi connectivity index (χ3v) is 5.83. The number of amides is 1. The van der Waals surface area contributed by atoms with Crippen LogP contribution in [0.25, 0.3) is 0 Å². The van der Waals surface area contributed by atoms with Crippen LogP contribution in [0.1, 0.15) is 57.9 Å². The Morgan fingerprint density at radius 2 is 1.96 bits per heavy atom. The summed E-state index contributed by atoms with van der Waals surface area (Å²) in [5.74, 6) is 0.912. The number of hydrogen-bond donors (Lipinski definition) is 1. The third kappa shape index (κ3) is 4.72. The van der Waals surface area contributed by atoms with Gasteiger partial charge in [-0.05, 0) is 51.7 Å². The summed E-state index contributed by atoms with van der Waals surface area (Å²) < 4.78 is 5.81. The van der Waals surface area contributed by atoms with Crippen molar-refractivity contribution >= 4 is 17.5 Å². The highest BCUT2D eigenvalue weighted by Gasteiger charge is 2.36. The number of nitrogens with zero attached hydrogens (tertiary/aromatic N) is 1. The molecule has 2 fully saturated rings. The average Bonchev–Trinajstić information content (AvgIpc) is 2.96. The maximum atomic E-state index is 13.0. The van der Waals surface area contributed by atoms with E-state index in [2.05, 4.69) is 4.90 Å². The summed E-state index contributed by atoms with van der Waals surface area (Å²) in [4.78, 5) is 15.1. The molecule has 0 radical (unpaired) electrons. The van der Waals surface area contributed by atoms with Crippen LogP contribution in [0.4, 0.5) is 0 Å². The van der Waals surface area contributed by atoms with Crippen LogP contribution < -0.4 is 4.74 Å². The topological polar surface area (TPSA) is 49.8 Å². The van der Waals surface area contributed by atoms with Gasteiger partial charge >= 0.3 is 0 Å². The number of carbonyl (C=O) groups excluding carboxylic acids is 1. The van der Waals surface area contributed by atoms with E-state index in [9.17, 15) is 9.90 Å². The van der Waals surface area contributed by atoms with Gasteiger partial charge in [-0.2, -0.15) is 0 Å². The molecule has 5 heteroatoms. The van der Waals surface area contributed by atoms with Crippen molar-refractivity contribution in [2.24, 2.45) is 5.92 Å². The van der Waals surface area contributed by atoms with E-state index < -0.39 is 5.60 Å². The standard InChI is InChI=1S/C21H30ClNO3/c1-21(2,25)14-26-19-10-6-9-18(22)17(19)13-15-11-12-23(20(15)24)16-7-4-3-5-8-16/h6,9-10,15-16,25H,3-5,7-8,11-14H2,1-2H3. The molecule has 1 unspecified atom stereocenters. The molecule has 1 atom stereocenters. The van der Waals surface area contributed by atoms with Crippen LogP contribution in [0.5, 0.6) is 5.75 Å². The third-order valence-electron chi connectivity index (χ3n) is 5.47. The van der Waals surface area contributed by atoms with Crippen LogP contribution in [0.2, 0.25) is 5.02 Å². The molecule has 1 amide bonds. The lowest BCUT2D eigenvalue weighted by atomic mass is 9.94. The van der Waals surface area contributed by atoms with Crippen molar-refractivity contribution in [3.63, 3.8) is 0 Å². The molecule has 0 aromatic heterocycles. The van der Waals surface area contributed by atoms with Crippen molar-refractivity contribution < 1.29 is 14.6 Å². The van der Waals surface area contributed by atoms with Gasteiger partial charge in [0.25, 0.3) is 0 Å². The summed E-state index contributed by atoms with van der Waals surface area (Å²) >= 11 is 6.42. The van der Waals surface area contributed by atoms with Crippen molar-refractivity contribution in [1.82, 2.24) is 4.90 Å². The van der Waals surface area contributed by atoms with Gasteiger partial charge in [0.15, 0.2) is 0 Å². The molecule has 144 valence electrons. The van der Waals surface area contributed by atoms with Crippen molar-refractivity contribution in [2.75, 3.05) is 13.2 Å². The summed E-state index contributed by atoms with van der Waals surface area (Å²) in [7, 11) is 0. The van der Waals surface area contributed by atoms with Crippen LogP contribution in [-0.4, -0.2) is 40.7 Å². The van der Waals surface area contributed by atoms with E-state index in [4.69, 9.17) is 16.3 Å². The van der Waals surface area contributed by atoms with Crippen LogP contribution in [0.15, 0.2) is 18.2 Å². The van der Waals surface area contributed by atoms with Crippen molar-refractivity contribution in [1.29, 1.82) is 0 Å². The van der Waals surface area contributed by atoms with Gasteiger partial charge in [-0.15, -0.1) is 0 Å². The van der Waals surface area contributed by atoms with Gasteiger partial charge < -0.3 is 14.7 Å². The van der Waals surface area contributed by atoms with E-state index >= 15 is 0 Å². The van der Waals surface area contributed by atoms with Gasteiger partial charge in [-0.3, -0.25) is 4.79 Å². The lowest BCUT2D eigenvalue weighted by Crippen LogP contribution is -2.39. The van der Waals surface area contributed by atoms with Crippen molar-refractivity contribution in [3.8, 4) is 5.75 Å². The second-order valence-electron chi connectivity index (χ2n) is 8.33. The zero-order valence-corrected chi connectivity index (χ0v) is 16.6. The molecule has 1 saturated heterocycles. The molecule has 0 bridgehead atoms. The average molecular weight is 380 g/mol. The molecular weight excluding hydrogens is 350 g/mol. The lowest BCUT2D eigenvalue weighted by Gasteiger charge is -2.31. The maximum Gasteiger partial charge on any atom is 0.226 e. The summed E-state index contributed by atoms with van der Waals surface area (Å²) in [6.07, 6.45) is 7.53. The van der Waals surface area contributed by atoms with Crippen LogP contribution in [0.3, 0.4) is 0 Å². The summed E-state index contributed by atoms with van der Waals surface area (Å²) in [6, 6.07) is 5.98. The Morgan fingerprint density at radius 1 is 1.23 bits per heavy atom. The number of aliphatic hydroxyl groups is 1. The van der Waals surface area contributed by atoms with Crippen LogP contribution >= 0.6 is 11.6 Å². The zero-order valence-electron chi connectivity index (χ0n) is 15.8. The normalized spacial score (nSPS) is 22.1. The number of benzene rings is 1. The molecule has 1 N–H and O–H groups in total. The first kappa shape index (κ1) is 19.5. The molecule has 4 nitrogen and oxygen atoms in total.